The van der Waals surface area contributed by atoms with Crippen LogP contribution in [0.2, 0.25) is 0 Å². The van der Waals surface area contributed by atoms with E-state index in [0.29, 0.717) is 22.5 Å². The van der Waals surface area contributed by atoms with Crippen LogP contribution in [0.15, 0.2) is 47.6 Å². The highest BCUT2D eigenvalue weighted by atomic mass is 32.2. The van der Waals surface area contributed by atoms with Crippen molar-refractivity contribution in [3.63, 3.8) is 0 Å². The lowest BCUT2D eigenvalue weighted by molar-refractivity contribution is -0.113. The second-order valence-corrected chi connectivity index (χ2v) is 9.74. The van der Waals surface area contributed by atoms with Crippen LogP contribution in [-0.4, -0.2) is 33.5 Å². The van der Waals surface area contributed by atoms with E-state index in [2.05, 4.69) is 49.3 Å². The Bertz CT molecular complexity index is 1130. The fourth-order valence-corrected chi connectivity index (χ4v) is 4.57. The zero-order chi connectivity index (χ0) is 24.8. The van der Waals surface area contributed by atoms with Crippen LogP contribution >= 0.6 is 11.8 Å². The number of hydrogen-bond acceptors (Lipinski definition) is 6. The number of para-hydroxylation sites is 1. The SMILES string of the molecule is COc1ccc(C)cc1NC(=O)CSc1nnc(C(C)Oc2ccccc2C(C)C)n1C(C)C. The van der Waals surface area contributed by atoms with Crippen LogP contribution in [0.4, 0.5) is 5.69 Å². The molecule has 0 saturated carbocycles. The highest BCUT2D eigenvalue weighted by Crippen LogP contribution is 2.32. The van der Waals surface area contributed by atoms with Crippen molar-refractivity contribution in [1.29, 1.82) is 0 Å². The standard InChI is InChI=1S/C26H34N4O3S/c1-16(2)20-10-8-9-11-22(20)33-19(6)25-28-29-26(30(25)17(3)4)34-15-24(31)27-21-14-18(5)12-13-23(21)32-7/h8-14,16-17,19H,15H2,1-7H3,(H,27,31). The number of aryl methyl sites for hydroxylation is 1. The second-order valence-electron chi connectivity index (χ2n) is 8.80. The van der Waals surface area contributed by atoms with Crippen molar-refractivity contribution in [2.75, 3.05) is 18.2 Å². The van der Waals surface area contributed by atoms with Crippen LogP contribution in [0.3, 0.4) is 0 Å². The lowest BCUT2D eigenvalue weighted by Crippen LogP contribution is -2.17. The number of carbonyl (C=O) groups is 1. The Morgan fingerprint density at radius 2 is 1.79 bits per heavy atom. The number of carbonyl (C=O) groups excluding carboxylic acids is 1. The van der Waals surface area contributed by atoms with Gasteiger partial charge in [0.25, 0.3) is 0 Å². The molecule has 3 aromatic rings. The summed E-state index contributed by atoms with van der Waals surface area (Å²) in [5.74, 6) is 2.63. The molecule has 0 saturated heterocycles. The number of nitrogens with zero attached hydrogens (tertiary/aromatic N) is 3. The molecule has 0 aliphatic carbocycles. The van der Waals surface area contributed by atoms with Crippen molar-refractivity contribution < 1.29 is 14.3 Å². The van der Waals surface area contributed by atoms with E-state index in [-0.39, 0.29) is 23.8 Å². The van der Waals surface area contributed by atoms with Crippen molar-refractivity contribution >= 4 is 23.4 Å². The molecule has 1 aromatic heterocycles. The Labute approximate surface area is 206 Å². The molecule has 1 atom stereocenters. The summed E-state index contributed by atoms with van der Waals surface area (Å²) in [6.45, 7) is 12.4. The van der Waals surface area contributed by atoms with Crippen molar-refractivity contribution in [2.45, 2.75) is 64.8 Å². The number of anilines is 1. The highest BCUT2D eigenvalue weighted by molar-refractivity contribution is 7.99. The Balaban J connectivity index is 1.73. The van der Waals surface area contributed by atoms with Gasteiger partial charge in [0.2, 0.25) is 5.91 Å². The molecule has 182 valence electrons. The number of rotatable bonds is 10. The topological polar surface area (TPSA) is 78.3 Å². The molecule has 3 rings (SSSR count). The van der Waals surface area contributed by atoms with Gasteiger partial charge in [0.05, 0.1) is 18.6 Å². The maximum Gasteiger partial charge on any atom is 0.234 e. The number of thioether (sulfide) groups is 1. The molecule has 1 heterocycles. The molecule has 0 bridgehead atoms. The molecule has 0 aliphatic rings. The minimum Gasteiger partial charge on any atom is -0.495 e. The van der Waals surface area contributed by atoms with Gasteiger partial charge in [-0.05, 0) is 62.9 Å². The Morgan fingerprint density at radius 3 is 2.47 bits per heavy atom. The summed E-state index contributed by atoms with van der Waals surface area (Å²) in [6.07, 6.45) is -0.297. The van der Waals surface area contributed by atoms with E-state index < -0.39 is 0 Å². The molecule has 0 aliphatic heterocycles. The van der Waals surface area contributed by atoms with Gasteiger partial charge in [-0.2, -0.15) is 0 Å². The van der Waals surface area contributed by atoms with Gasteiger partial charge in [-0.1, -0.05) is 49.9 Å². The first kappa shape index (κ1) is 25.6. The van der Waals surface area contributed by atoms with E-state index in [4.69, 9.17) is 9.47 Å². The maximum absolute atomic E-state index is 12.7. The van der Waals surface area contributed by atoms with Crippen LogP contribution in [0.25, 0.3) is 0 Å². The lowest BCUT2D eigenvalue weighted by atomic mass is 10.0. The monoisotopic (exact) mass is 482 g/mol. The van der Waals surface area contributed by atoms with Gasteiger partial charge < -0.3 is 19.4 Å². The first-order valence-corrected chi connectivity index (χ1v) is 12.5. The average Bonchev–Trinajstić information content (AvgIpc) is 3.22. The molecule has 2 aromatic carbocycles. The first-order chi connectivity index (χ1) is 16.2. The third-order valence-corrected chi connectivity index (χ3v) is 6.32. The summed E-state index contributed by atoms with van der Waals surface area (Å²) in [4.78, 5) is 12.7. The fraction of sp³-hybridized carbons (Fsp3) is 0.423. The predicted octanol–water partition coefficient (Wildman–Crippen LogP) is 6.17. The minimum absolute atomic E-state index is 0.110. The van der Waals surface area contributed by atoms with Crippen LogP contribution in [-0.2, 0) is 4.79 Å². The Morgan fingerprint density at radius 1 is 1.06 bits per heavy atom. The summed E-state index contributed by atoms with van der Waals surface area (Å²) in [6, 6.07) is 13.9. The summed E-state index contributed by atoms with van der Waals surface area (Å²) in [5.41, 5.74) is 2.86. The number of amides is 1. The van der Waals surface area contributed by atoms with Crippen molar-refractivity contribution in [1.82, 2.24) is 14.8 Å². The van der Waals surface area contributed by atoms with Crippen molar-refractivity contribution in [3.8, 4) is 11.5 Å². The molecule has 0 spiro atoms. The van der Waals surface area contributed by atoms with E-state index in [9.17, 15) is 4.79 Å². The molecular formula is C26H34N4O3S. The molecular weight excluding hydrogens is 448 g/mol. The number of ether oxygens (including phenoxy) is 2. The predicted molar refractivity (Wildman–Crippen MR) is 137 cm³/mol. The van der Waals surface area contributed by atoms with Crippen molar-refractivity contribution in [3.05, 3.63) is 59.4 Å². The lowest BCUT2D eigenvalue weighted by Gasteiger charge is -2.21. The van der Waals surface area contributed by atoms with Gasteiger partial charge in [0.1, 0.15) is 11.5 Å². The molecule has 0 fully saturated rings. The number of benzene rings is 2. The molecule has 34 heavy (non-hydrogen) atoms. The van der Waals surface area contributed by atoms with Gasteiger partial charge >= 0.3 is 0 Å². The Hall–Kier alpha value is -3.00. The average molecular weight is 483 g/mol. The zero-order valence-corrected chi connectivity index (χ0v) is 21.8. The summed E-state index contributed by atoms with van der Waals surface area (Å²) < 4.78 is 13.7. The summed E-state index contributed by atoms with van der Waals surface area (Å²) in [7, 11) is 1.59. The first-order valence-electron chi connectivity index (χ1n) is 11.5. The van der Waals surface area contributed by atoms with E-state index in [1.165, 1.54) is 11.8 Å². The minimum atomic E-state index is -0.297. The summed E-state index contributed by atoms with van der Waals surface area (Å²) >= 11 is 1.35. The maximum atomic E-state index is 12.7. The number of methoxy groups -OCH3 is 1. The highest BCUT2D eigenvalue weighted by Gasteiger charge is 2.23. The van der Waals surface area contributed by atoms with E-state index in [1.54, 1.807) is 7.11 Å². The van der Waals surface area contributed by atoms with Crippen molar-refractivity contribution in [2.24, 2.45) is 0 Å². The number of aromatic nitrogens is 3. The van der Waals surface area contributed by atoms with Crippen LogP contribution in [0.5, 0.6) is 11.5 Å². The number of hydrogen-bond donors (Lipinski definition) is 1. The van der Waals surface area contributed by atoms with E-state index >= 15 is 0 Å². The third-order valence-electron chi connectivity index (χ3n) is 5.38. The van der Waals surface area contributed by atoms with Gasteiger partial charge in [-0.25, -0.2) is 0 Å². The van der Waals surface area contributed by atoms with E-state index in [0.717, 1.165) is 22.7 Å². The van der Waals surface area contributed by atoms with Crippen LogP contribution < -0.4 is 14.8 Å². The van der Waals surface area contributed by atoms with E-state index in [1.807, 2.05) is 54.8 Å². The molecule has 8 heteroatoms. The molecule has 0 radical (unpaired) electrons. The molecule has 1 N–H and O–H groups in total. The molecule has 7 nitrogen and oxygen atoms in total. The largest absolute Gasteiger partial charge is 0.495 e. The molecule has 1 unspecified atom stereocenters. The smallest absolute Gasteiger partial charge is 0.234 e. The van der Waals surface area contributed by atoms with Gasteiger partial charge in [0.15, 0.2) is 17.1 Å². The van der Waals surface area contributed by atoms with Gasteiger partial charge in [0, 0.05) is 6.04 Å². The summed E-state index contributed by atoms with van der Waals surface area (Å²) in [5, 5.41) is 12.4. The number of nitrogens with one attached hydrogen (secondary N) is 1. The zero-order valence-electron chi connectivity index (χ0n) is 21.0. The van der Waals surface area contributed by atoms with Gasteiger partial charge in [-0.3, -0.25) is 4.79 Å². The van der Waals surface area contributed by atoms with Crippen LogP contribution in [0.1, 0.15) is 69.6 Å². The van der Waals surface area contributed by atoms with Gasteiger partial charge in [-0.15, -0.1) is 10.2 Å². The fourth-order valence-electron chi connectivity index (χ4n) is 3.69. The molecule has 1 amide bonds. The second kappa shape index (κ2) is 11.4. The normalized spacial score (nSPS) is 12.1. The third kappa shape index (κ3) is 6.11. The van der Waals surface area contributed by atoms with Crippen LogP contribution in [0, 0.1) is 6.92 Å². The quantitative estimate of drug-likeness (QED) is 0.348. The Kier molecular flexibility index (Phi) is 8.61.